The number of amides is 1. The second-order valence-corrected chi connectivity index (χ2v) is 5.45. The monoisotopic (exact) mass is 263 g/mol. The normalized spacial score (nSPS) is 18.2. The van der Waals surface area contributed by atoms with Crippen molar-refractivity contribution in [3.8, 4) is 0 Å². The molecule has 0 aromatic carbocycles. The zero-order valence-electron chi connectivity index (χ0n) is 12.0. The number of nitrogens with zero attached hydrogens (tertiary/aromatic N) is 2. The molecule has 5 nitrogen and oxygen atoms in total. The van der Waals surface area contributed by atoms with Gasteiger partial charge in [0.05, 0.1) is 18.8 Å². The predicted molar refractivity (Wildman–Crippen MR) is 74.5 cm³/mol. The van der Waals surface area contributed by atoms with Crippen molar-refractivity contribution >= 4 is 11.7 Å². The maximum atomic E-state index is 12.7. The number of pyridine rings is 1. The number of carbonyl (C=O) groups excluding carboxylic acids is 1. The molecule has 1 aliphatic heterocycles. The predicted octanol–water partition coefficient (Wildman–Crippen LogP) is 1.68. The minimum absolute atomic E-state index is 0.0373. The van der Waals surface area contributed by atoms with Crippen LogP contribution in [0.3, 0.4) is 0 Å². The number of rotatable bonds is 2. The molecular formula is C14H21N3O2. The molecule has 104 valence electrons. The first-order chi connectivity index (χ1) is 8.94. The molecule has 1 aromatic heterocycles. The van der Waals surface area contributed by atoms with Crippen molar-refractivity contribution in [3.05, 3.63) is 23.4 Å². The summed E-state index contributed by atoms with van der Waals surface area (Å²) in [5.41, 5.74) is 1.24. The van der Waals surface area contributed by atoms with Gasteiger partial charge in [-0.3, -0.25) is 4.79 Å². The number of aryl methyl sites for hydroxylation is 1. The third-order valence-electron chi connectivity index (χ3n) is 3.35. The van der Waals surface area contributed by atoms with E-state index in [4.69, 9.17) is 4.74 Å². The van der Waals surface area contributed by atoms with Crippen LogP contribution in [-0.4, -0.2) is 48.1 Å². The Hall–Kier alpha value is -1.62. The van der Waals surface area contributed by atoms with E-state index in [0.717, 1.165) is 11.5 Å². The van der Waals surface area contributed by atoms with Crippen LogP contribution in [0.15, 0.2) is 12.1 Å². The first-order valence-electron chi connectivity index (χ1n) is 6.50. The SMILES string of the molecule is CNc1cc(C(=O)N2CCOCC2(C)C)cc(C)n1. The van der Waals surface area contributed by atoms with Gasteiger partial charge in [-0.15, -0.1) is 0 Å². The molecule has 0 saturated carbocycles. The number of anilines is 1. The highest BCUT2D eigenvalue weighted by Crippen LogP contribution is 2.22. The van der Waals surface area contributed by atoms with Gasteiger partial charge in [0.15, 0.2) is 0 Å². The van der Waals surface area contributed by atoms with Crippen molar-refractivity contribution in [3.63, 3.8) is 0 Å². The summed E-state index contributed by atoms with van der Waals surface area (Å²) < 4.78 is 5.45. The number of aromatic nitrogens is 1. The Labute approximate surface area is 114 Å². The van der Waals surface area contributed by atoms with Crippen LogP contribution in [0.4, 0.5) is 5.82 Å². The van der Waals surface area contributed by atoms with Crippen LogP contribution in [0.25, 0.3) is 0 Å². The smallest absolute Gasteiger partial charge is 0.254 e. The highest BCUT2D eigenvalue weighted by molar-refractivity contribution is 5.95. The van der Waals surface area contributed by atoms with E-state index in [0.29, 0.717) is 25.3 Å². The molecule has 19 heavy (non-hydrogen) atoms. The minimum Gasteiger partial charge on any atom is -0.377 e. The highest BCUT2D eigenvalue weighted by Gasteiger charge is 2.34. The summed E-state index contributed by atoms with van der Waals surface area (Å²) in [6, 6.07) is 3.62. The third-order valence-corrected chi connectivity index (χ3v) is 3.35. The maximum absolute atomic E-state index is 12.7. The van der Waals surface area contributed by atoms with Gasteiger partial charge in [-0.1, -0.05) is 0 Å². The molecule has 5 heteroatoms. The van der Waals surface area contributed by atoms with Crippen molar-refractivity contribution in [2.75, 3.05) is 32.1 Å². The lowest BCUT2D eigenvalue weighted by Crippen LogP contribution is -2.55. The van der Waals surface area contributed by atoms with Crippen molar-refractivity contribution in [1.82, 2.24) is 9.88 Å². The Kier molecular flexibility index (Phi) is 3.75. The van der Waals surface area contributed by atoms with Crippen LogP contribution < -0.4 is 5.32 Å². The highest BCUT2D eigenvalue weighted by atomic mass is 16.5. The molecule has 2 rings (SSSR count). The molecule has 1 aliphatic rings. The van der Waals surface area contributed by atoms with Gasteiger partial charge in [0.2, 0.25) is 0 Å². The molecule has 0 spiro atoms. The zero-order chi connectivity index (χ0) is 14.0. The van der Waals surface area contributed by atoms with Crippen LogP contribution in [0, 0.1) is 6.92 Å². The van der Waals surface area contributed by atoms with Crippen LogP contribution in [0.2, 0.25) is 0 Å². The Morgan fingerprint density at radius 1 is 1.47 bits per heavy atom. The van der Waals surface area contributed by atoms with Gasteiger partial charge in [-0.2, -0.15) is 0 Å². The van der Waals surface area contributed by atoms with Crippen molar-refractivity contribution in [1.29, 1.82) is 0 Å². The molecular weight excluding hydrogens is 242 g/mol. The van der Waals surface area contributed by atoms with Crippen LogP contribution in [0.1, 0.15) is 29.9 Å². The molecule has 0 atom stereocenters. The number of carbonyl (C=O) groups is 1. The van der Waals surface area contributed by atoms with E-state index < -0.39 is 0 Å². The van der Waals surface area contributed by atoms with E-state index in [-0.39, 0.29) is 11.4 Å². The van der Waals surface area contributed by atoms with Crippen LogP contribution in [-0.2, 0) is 4.74 Å². The summed E-state index contributed by atoms with van der Waals surface area (Å²) in [6.45, 7) is 7.73. The number of morpholine rings is 1. The van der Waals surface area contributed by atoms with E-state index in [2.05, 4.69) is 10.3 Å². The zero-order valence-corrected chi connectivity index (χ0v) is 12.0. The number of hydrogen-bond donors (Lipinski definition) is 1. The second kappa shape index (κ2) is 5.17. The molecule has 1 aromatic rings. The molecule has 2 heterocycles. The number of hydrogen-bond acceptors (Lipinski definition) is 4. The maximum Gasteiger partial charge on any atom is 0.254 e. The van der Waals surface area contributed by atoms with Gasteiger partial charge < -0.3 is 15.0 Å². The molecule has 0 aliphatic carbocycles. The average molecular weight is 263 g/mol. The largest absolute Gasteiger partial charge is 0.377 e. The Morgan fingerprint density at radius 3 is 2.84 bits per heavy atom. The summed E-state index contributed by atoms with van der Waals surface area (Å²) in [4.78, 5) is 18.8. The fourth-order valence-electron chi connectivity index (χ4n) is 2.31. The summed E-state index contributed by atoms with van der Waals surface area (Å²) in [6.07, 6.45) is 0. The molecule has 1 N–H and O–H groups in total. The molecule has 1 amide bonds. The average Bonchev–Trinajstić information content (AvgIpc) is 2.36. The third kappa shape index (κ3) is 2.87. The molecule has 0 unspecified atom stereocenters. The van der Waals surface area contributed by atoms with Gasteiger partial charge in [0, 0.05) is 24.8 Å². The van der Waals surface area contributed by atoms with Crippen LogP contribution in [0.5, 0.6) is 0 Å². The summed E-state index contributed by atoms with van der Waals surface area (Å²) >= 11 is 0. The van der Waals surface area contributed by atoms with E-state index in [1.54, 1.807) is 13.1 Å². The van der Waals surface area contributed by atoms with Gasteiger partial charge in [0.1, 0.15) is 5.82 Å². The standard InChI is InChI=1S/C14H21N3O2/c1-10-7-11(8-12(15-4)16-10)13(18)17-5-6-19-9-14(17,2)3/h7-8H,5-6,9H2,1-4H3,(H,15,16). The first-order valence-corrected chi connectivity index (χ1v) is 6.50. The lowest BCUT2D eigenvalue weighted by molar-refractivity contribution is -0.0370. The van der Waals surface area contributed by atoms with E-state index in [9.17, 15) is 4.79 Å². The Morgan fingerprint density at radius 2 is 2.21 bits per heavy atom. The van der Waals surface area contributed by atoms with E-state index >= 15 is 0 Å². The van der Waals surface area contributed by atoms with E-state index in [1.165, 1.54) is 0 Å². The van der Waals surface area contributed by atoms with Crippen molar-refractivity contribution in [2.24, 2.45) is 0 Å². The summed E-state index contributed by atoms with van der Waals surface area (Å²) in [5.74, 6) is 0.754. The van der Waals surface area contributed by atoms with Gasteiger partial charge >= 0.3 is 0 Å². The minimum atomic E-state index is -0.272. The second-order valence-electron chi connectivity index (χ2n) is 5.45. The molecule has 1 saturated heterocycles. The molecule has 0 bridgehead atoms. The van der Waals surface area contributed by atoms with Gasteiger partial charge in [0.25, 0.3) is 5.91 Å². The van der Waals surface area contributed by atoms with Gasteiger partial charge in [-0.25, -0.2) is 4.98 Å². The van der Waals surface area contributed by atoms with Crippen molar-refractivity contribution in [2.45, 2.75) is 26.3 Å². The Bertz CT molecular complexity index is 486. The number of ether oxygens (including phenoxy) is 1. The fourth-order valence-corrected chi connectivity index (χ4v) is 2.31. The lowest BCUT2D eigenvalue weighted by atomic mass is 10.0. The lowest BCUT2D eigenvalue weighted by Gasteiger charge is -2.42. The summed E-state index contributed by atoms with van der Waals surface area (Å²) in [7, 11) is 1.80. The van der Waals surface area contributed by atoms with Gasteiger partial charge in [-0.05, 0) is 32.9 Å². The molecule has 0 radical (unpaired) electrons. The number of nitrogens with one attached hydrogen (secondary N) is 1. The fraction of sp³-hybridized carbons (Fsp3) is 0.571. The topological polar surface area (TPSA) is 54.5 Å². The summed E-state index contributed by atoms with van der Waals surface area (Å²) in [5, 5.41) is 2.98. The molecule has 1 fully saturated rings. The van der Waals surface area contributed by atoms with E-state index in [1.807, 2.05) is 31.7 Å². The quantitative estimate of drug-likeness (QED) is 0.882. The Balaban J connectivity index is 2.30. The van der Waals surface area contributed by atoms with Crippen molar-refractivity contribution < 1.29 is 9.53 Å². The van der Waals surface area contributed by atoms with Crippen LogP contribution >= 0.6 is 0 Å². The first kappa shape index (κ1) is 13.8.